The van der Waals surface area contributed by atoms with Crippen molar-refractivity contribution in [2.45, 2.75) is 6.92 Å². The summed E-state index contributed by atoms with van der Waals surface area (Å²) in [5.41, 5.74) is 9.91. The Morgan fingerprint density at radius 3 is 2.47 bits per heavy atom. The Morgan fingerprint density at radius 2 is 1.79 bits per heavy atom. The summed E-state index contributed by atoms with van der Waals surface area (Å²) in [6.07, 6.45) is 0. The minimum atomic E-state index is -0.412. The highest BCUT2D eigenvalue weighted by atomic mass is 16.1. The van der Waals surface area contributed by atoms with E-state index in [9.17, 15) is 4.79 Å². The predicted octanol–water partition coefficient (Wildman–Crippen LogP) is 3.24. The molecule has 0 aliphatic carbocycles. The predicted molar refractivity (Wildman–Crippen MR) is 77.0 cm³/mol. The van der Waals surface area contributed by atoms with Gasteiger partial charge in [-0.25, -0.2) is 0 Å². The normalized spacial score (nSPS) is 10.8. The second-order valence-electron chi connectivity index (χ2n) is 4.67. The Hall–Kier alpha value is -2.55. The highest BCUT2D eigenvalue weighted by molar-refractivity contribution is 6.07. The van der Waals surface area contributed by atoms with Gasteiger partial charge in [-0.1, -0.05) is 30.3 Å². The number of benzene rings is 2. The van der Waals surface area contributed by atoms with Crippen LogP contribution in [-0.4, -0.2) is 10.9 Å². The summed E-state index contributed by atoms with van der Waals surface area (Å²) in [6, 6.07) is 15.9. The lowest BCUT2D eigenvalue weighted by Crippen LogP contribution is -2.11. The SMILES string of the molecule is Cc1cc2cc(-c3ccccc3)cc(C(N)=O)c2[nH]1. The largest absolute Gasteiger partial charge is 0.366 e. The fourth-order valence-electron chi connectivity index (χ4n) is 2.38. The van der Waals surface area contributed by atoms with Crippen LogP contribution in [0.5, 0.6) is 0 Å². The van der Waals surface area contributed by atoms with Crippen LogP contribution in [0, 0.1) is 6.92 Å². The van der Waals surface area contributed by atoms with Crippen LogP contribution in [0.4, 0.5) is 0 Å². The smallest absolute Gasteiger partial charge is 0.250 e. The van der Waals surface area contributed by atoms with Gasteiger partial charge in [-0.3, -0.25) is 4.79 Å². The molecule has 3 heteroatoms. The number of aromatic amines is 1. The minimum Gasteiger partial charge on any atom is -0.366 e. The molecule has 3 N–H and O–H groups in total. The molecule has 19 heavy (non-hydrogen) atoms. The molecule has 2 aromatic carbocycles. The molecule has 0 aliphatic rings. The van der Waals surface area contributed by atoms with Crippen molar-refractivity contribution in [1.29, 1.82) is 0 Å². The number of nitrogens with two attached hydrogens (primary N) is 1. The Bertz CT molecular complexity index is 757. The maximum absolute atomic E-state index is 11.6. The van der Waals surface area contributed by atoms with Crippen molar-refractivity contribution in [2.24, 2.45) is 5.73 Å². The number of carbonyl (C=O) groups is 1. The molecular weight excluding hydrogens is 236 g/mol. The zero-order valence-corrected chi connectivity index (χ0v) is 10.6. The van der Waals surface area contributed by atoms with Gasteiger partial charge in [-0.05, 0) is 36.2 Å². The van der Waals surface area contributed by atoms with E-state index in [1.807, 2.05) is 49.4 Å². The number of nitrogens with one attached hydrogen (secondary N) is 1. The summed E-state index contributed by atoms with van der Waals surface area (Å²) in [4.78, 5) is 14.8. The average molecular weight is 250 g/mol. The molecule has 94 valence electrons. The molecule has 0 fully saturated rings. The molecule has 1 amide bonds. The Labute approximate surface area is 111 Å². The molecule has 3 aromatic rings. The molecule has 1 aromatic heterocycles. The van der Waals surface area contributed by atoms with Crippen molar-refractivity contribution >= 4 is 16.8 Å². The first-order chi connectivity index (χ1) is 9.15. The minimum absolute atomic E-state index is 0.412. The summed E-state index contributed by atoms with van der Waals surface area (Å²) in [5, 5.41) is 1.01. The van der Waals surface area contributed by atoms with Crippen LogP contribution < -0.4 is 5.73 Å². The molecule has 1 heterocycles. The van der Waals surface area contributed by atoms with E-state index in [1.165, 1.54) is 0 Å². The quantitative estimate of drug-likeness (QED) is 0.720. The molecule has 0 saturated carbocycles. The van der Waals surface area contributed by atoms with Gasteiger partial charge in [0.2, 0.25) is 0 Å². The average Bonchev–Trinajstić information content (AvgIpc) is 2.78. The van der Waals surface area contributed by atoms with Gasteiger partial charge in [0.15, 0.2) is 0 Å². The van der Waals surface area contributed by atoms with Crippen molar-refractivity contribution in [3.8, 4) is 11.1 Å². The highest BCUT2D eigenvalue weighted by Gasteiger charge is 2.11. The van der Waals surface area contributed by atoms with Gasteiger partial charge >= 0.3 is 0 Å². The summed E-state index contributed by atoms with van der Waals surface area (Å²) < 4.78 is 0. The number of hydrogen-bond donors (Lipinski definition) is 2. The van der Waals surface area contributed by atoms with Crippen LogP contribution in [0.2, 0.25) is 0 Å². The van der Waals surface area contributed by atoms with Crippen LogP contribution in [0.3, 0.4) is 0 Å². The highest BCUT2D eigenvalue weighted by Crippen LogP contribution is 2.27. The number of H-pyrrole nitrogens is 1. The number of carbonyl (C=O) groups excluding carboxylic acids is 1. The number of fused-ring (bicyclic) bond motifs is 1. The lowest BCUT2D eigenvalue weighted by Gasteiger charge is -2.05. The van der Waals surface area contributed by atoms with Crippen molar-refractivity contribution in [1.82, 2.24) is 4.98 Å². The first-order valence-electron chi connectivity index (χ1n) is 6.14. The Balaban J connectivity index is 2.30. The second kappa shape index (κ2) is 4.28. The zero-order valence-electron chi connectivity index (χ0n) is 10.6. The van der Waals surface area contributed by atoms with Gasteiger partial charge in [-0.2, -0.15) is 0 Å². The van der Waals surface area contributed by atoms with Crippen molar-refractivity contribution in [3.05, 3.63) is 59.8 Å². The molecular formula is C16H14N2O. The molecule has 0 saturated heterocycles. The Morgan fingerprint density at radius 1 is 1.05 bits per heavy atom. The topological polar surface area (TPSA) is 58.9 Å². The lowest BCUT2D eigenvalue weighted by atomic mass is 10.0. The summed E-state index contributed by atoms with van der Waals surface area (Å²) >= 11 is 0. The van der Waals surface area contributed by atoms with Gasteiger partial charge in [0, 0.05) is 11.1 Å². The van der Waals surface area contributed by atoms with Crippen LogP contribution in [-0.2, 0) is 0 Å². The van der Waals surface area contributed by atoms with Crippen LogP contribution in [0.15, 0.2) is 48.5 Å². The second-order valence-corrected chi connectivity index (χ2v) is 4.67. The van der Waals surface area contributed by atoms with E-state index < -0.39 is 5.91 Å². The fourth-order valence-corrected chi connectivity index (χ4v) is 2.38. The van der Waals surface area contributed by atoms with E-state index >= 15 is 0 Å². The fraction of sp³-hybridized carbons (Fsp3) is 0.0625. The van der Waals surface area contributed by atoms with Crippen LogP contribution >= 0.6 is 0 Å². The molecule has 0 spiro atoms. The molecule has 0 atom stereocenters. The summed E-state index contributed by atoms with van der Waals surface area (Å²) in [5.74, 6) is -0.412. The first kappa shape index (κ1) is 11.5. The molecule has 0 bridgehead atoms. The van der Waals surface area contributed by atoms with E-state index in [2.05, 4.69) is 11.1 Å². The number of aryl methyl sites for hydroxylation is 1. The molecule has 0 aliphatic heterocycles. The van der Waals surface area contributed by atoms with Crippen LogP contribution in [0.1, 0.15) is 16.1 Å². The zero-order chi connectivity index (χ0) is 13.4. The van der Waals surface area contributed by atoms with Crippen LogP contribution in [0.25, 0.3) is 22.0 Å². The van der Waals surface area contributed by atoms with Gasteiger partial charge in [-0.15, -0.1) is 0 Å². The number of hydrogen-bond acceptors (Lipinski definition) is 1. The van der Waals surface area contributed by atoms with Gasteiger partial charge in [0.05, 0.1) is 11.1 Å². The molecule has 3 rings (SSSR count). The number of amides is 1. The van der Waals surface area contributed by atoms with E-state index in [0.717, 1.165) is 27.7 Å². The van der Waals surface area contributed by atoms with E-state index in [4.69, 9.17) is 5.73 Å². The third-order valence-electron chi connectivity index (χ3n) is 3.24. The number of rotatable bonds is 2. The van der Waals surface area contributed by atoms with Gasteiger partial charge in [0.1, 0.15) is 0 Å². The van der Waals surface area contributed by atoms with E-state index in [-0.39, 0.29) is 0 Å². The van der Waals surface area contributed by atoms with Crippen molar-refractivity contribution in [2.75, 3.05) is 0 Å². The lowest BCUT2D eigenvalue weighted by molar-refractivity contribution is 0.100. The van der Waals surface area contributed by atoms with E-state index in [1.54, 1.807) is 0 Å². The summed E-state index contributed by atoms with van der Waals surface area (Å²) in [7, 11) is 0. The maximum Gasteiger partial charge on any atom is 0.250 e. The number of aromatic nitrogens is 1. The van der Waals surface area contributed by atoms with Crippen molar-refractivity contribution in [3.63, 3.8) is 0 Å². The molecule has 0 radical (unpaired) electrons. The maximum atomic E-state index is 11.6. The third-order valence-corrected chi connectivity index (χ3v) is 3.24. The third kappa shape index (κ3) is 1.99. The summed E-state index contributed by atoms with van der Waals surface area (Å²) in [6.45, 7) is 1.97. The number of primary amides is 1. The monoisotopic (exact) mass is 250 g/mol. The van der Waals surface area contributed by atoms with Gasteiger partial charge in [0.25, 0.3) is 5.91 Å². The van der Waals surface area contributed by atoms with Crippen molar-refractivity contribution < 1.29 is 4.79 Å². The molecule has 3 nitrogen and oxygen atoms in total. The van der Waals surface area contributed by atoms with E-state index in [0.29, 0.717) is 5.56 Å². The molecule has 0 unspecified atom stereocenters. The first-order valence-corrected chi connectivity index (χ1v) is 6.14. The standard InChI is InChI=1S/C16H14N2O/c1-10-7-13-8-12(11-5-3-2-4-6-11)9-14(16(17)19)15(13)18-10/h2-9,18H,1H3,(H2,17,19). The Kier molecular flexibility index (Phi) is 2.60. The van der Waals surface area contributed by atoms with Gasteiger partial charge < -0.3 is 10.7 Å².